The Morgan fingerprint density at radius 2 is 1.89 bits per heavy atom. The van der Waals surface area contributed by atoms with Gasteiger partial charge in [0.25, 0.3) is 0 Å². The highest BCUT2D eigenvalue weighted by Crippen LogP contribution is 2.44. The fourth-order valence-corrected chi connectivity index (χ4v) is 4.29. The van der Waals surface area contributed by atoms with Crippen molar-refractivity contribution in [2.24, 2.45) is 4.99 Å². The summed E-state index contributed by atoms with van der Waals surface area (Å²) >= 11 is 0. The summed E-state index contributed by atoms with van der Waals surface area (Å²) in [6, 6.07) is -0.0303. The van der Waals surface area contributed by atoms with Gasteiger partial charge in [0, 0.05) is 49.1 Å². The number of nitrogens with zero attached hydrogens (tertiary/aromatic N) is 4. The van der Waals surface area contributed by atoms with Gasteiger partial charge in [0.05, 0.1) is 24.9 Å². The van der Waals surface area contributed by atoms with Gasteiger partial charge >= 0.3 is 6.09 Å². The molecule has 4 heterocycles. The van der Waals surface area contributed by atoms with Gasteiger partial charge < -0.3 is 19.3 Å². The Hall–Kier alpha value is -2.15. The number of likely N-dealkylation sites (tertiary alicyclic amines) is 1. The van der Waals surface area contributed by atoms with Gasteiger partial charge in [0.2, 0.25) is 0 Å². The first kappa shape index (κ1) is 19.2. The summed E-state index contributed by atoms with van der Waals surface area (Å²) in [7, 11) is 0. The van der Waals surface area contributed by atoms with Crippen LogP contribution in [-0.2, 0) is 9.47 Å². The van der Waals surface area contributed by atoms with Crippen molar-refractivity contribution in [1.82, 2.24) is 14.8 Å². The number of pyridine rings is 1. The first-order valence-electron chi connectivity index (χ1n) is 10.2. The van der Waals surface area contributed by atoms with Crippen LogP contribution in [-0.4, -0.2) is 65.2 Å². The SMILES string of the molecule is CC1C(N2CCOCC2)=Nc2c1cncc2C1CCCN1C(=O)OC(C)(C)C. The van der Waals surface area contributed by atoms with E-state index in [4.69, 9.17) is 14.5 Å². The van der Waals surface area contributed by atoms with Gasteiger partial charge in [-0.15, -0.1) is 0 Å². The van der Waals surface area contributed by atoms with E-state index in [2.05, 4.69) is 16.8 Å². The number of fused-ring (bicyclic) bond motifs is 1. The van der Waals surface area contributed by atoms with Crippen LogP contribution in [0.2, 0.25) is 0 Å². The first-order valence-corrected chi connectivity index (χ1v) is 10.2. The van der Waals surface area contributed by atoms with E-state index in [1.165, 1.54) is 0 Å². The summed E-state index contributed by atoms with van der Waals surface area (Å²) in [5.41, 5.74) is 2.67. The molecule has 1 aromatic rings. The molecule has 0 saturated carbocycles. The number of amides is 1. The van der Waals surface area contributed by atoms with Crippen LogP contribution in [0.3, 0.4) is 0 Å². The summed E-state index contributed by atoms with van der Waals surface area (Å²) in [6.45, 7) is 11.8. The third-order valence-corrected chi connectivity index (χ3v) is 5.63. The highest BCUT2D eigenvalue weighted by atomic mass is 16.6. The van der Waals surface area contributed by atoms with Gasteiger partial charge in [0.15, 0.2) is 0 Å². The largest absolute Gasteiger partial charge is 0.444 e. The Bertz CT molecular complexity index is 780. The molecular formula is C21H30N4O3. The summed E-state index contributed by atoms with van der Waals surface area (Å²) in [6.07, 6.45) is 5.42. The van der Waals surface area contributed by atoms with Crippen LogP contribution < -0.4 is 0 Å². The minimum absolute atomic E-state index is 0.0303. The Labute approximate surface area is 166 Å². The number of amidine groups is 1. The molecule has 7 heteroatoms. The molecule has 2 saturated heterocycles. The van der Waals surface area contributed by atoms with Crippen LogP contribution in [0.1, 0.15) is 63.6 Å². The van der Waals surface area contributed by atoms with E-state index in [0.29, 0.717) is 6.54 Å². The predicted molar refractivity (Wildman–Crippen MR) is 107 cm³/mol. The van der Waals surface area contributed by atoms with Crippen LogP contribution >= 0.6 is 0 Å². The molecule has 3 aliphatic rings. The second kappa shape index (κ2) is 7.35. The summed E-state index contributed by atoms with van der Waals surface area (Å²) < 4.78 is 11.1. The highest BCUT2D eigenvalue weighted by molar-refractivity contribution is 5.96. The van der Waals surface area contributed by atoms with E-state index < -0.39 is 5.60 Å². The highest BCUT2D eigenvalue weighted by Gasteiger charge is 2.38. The average Bonchev–Trinajstić information content (AvgIpc) is 3.26. The number of aromatic nitrogens is 1. The van der Waals surface area contributed by atoms with Crippen LogP contribution in [0.5, 0.6) is 0 Å². The second-order valence-corrected chi connectivity index (χ2v) is 8.79. The zero-order valence-corrected chi connectivity index (χ0v) is 17.3. The van der Waals surface area contributed by atoms with Gasteiger partial charge in [-0.05, 0) is 33.6 Å². The fourth-order valence-electron chi connectivity index (χ4n) is 4.29. The van der Waals surface area contributed by atoms with E-state index in [-0.39, 0.29) is 18.1 Å². The normalized spacial score (nSPS) is 24.9. The molecule has 0 aromatic carbocycles. The summed E-state index contributed by atoms with van der Waals surface area (Å²) in [4.78, 5) is 26.4. The molecule has 0 aliphatic carbocycles. The first-order chi connectivity index (χ1) is 13.3. The van der Waals surface area contributed by atoms with Gasteiger partial charge in [-0.25, -0.2) is 9.79 Å². The number of carbonyl (C=O) groups is 1. The molecule has 0 bridgehead atoms. The molecule has 7 nitrogen and oxygen atoms in total. The maximum Gasteiger partial charge on any atom is 0.410 e. The monoisotopic (exact) mass is 386 g/mol. The van der Waals surface area contributed by atoms with E-state index >= 15 is 0 Å². The number of ether oxygens (including phenoxy) is 2. The number of aliphatic imine (C=N–C) groups is 1. The molecule has 3 aliphatic heterocycles. The van der Waals surface area contributed by atoms with Crippen LogP contribution in [0.15, 0.2) is 17.4 Å². The smallest absolute Gasteiger partial charge is 0.410 e. The number of rotatable bonds is 1. The predicted octanol–water partition coefficient (Wildman–Crippen LogP) is 3.63. The topological polar surface area (TPSA) is 67.3 Å². The molecule has 28 heavy (non-hydrogen) atoms. The fraction of sp³-hybridized carbons (Fsp3) is 0.667. The lowest BCUT2D eigenvalue weighted by atomic mass is 9.97. The minimum atomic E-state index is -0.503. The Morgan fingerprint density at radius 1 is 1.18 bits per heavy atom. The van der Waals surface area contributed by atoms with Crippen molar-refractivity contribution in [2.45, 2.75) is 58.1 Å². The molecular weight excluding hydrogens is 356 g/mol. The zero-order chi connectivity index (χ0) is 19.9. The molecule has 152 valence electrons. The third-order valence-electron chi connectivity index (χ3n) is 5.63. The van der Waals surface area contributed by atoms with Crippen molar-refractivity contribution < 1.29 is 14.3 Å². The van der Waals surface area contributed by atoms with Crippen molar-refractivity contribution in [3.05, 3.63) is 23.5 Å². The van der Waals surface area contributed by atoms with Crippen molar-refractivity contribution in [1.29, 1.82) is 0 Å². The molecule has 2 atom stereocenters. The Morgan fingerprint density at radius 3 is 2.61 bits per heavy atom. The van der Waals surface area contributed by atoms with Crippen molar-refractivity contribution >= 4 is 17.6 Å². The lowest BCUT2D eigenvalue weighted by Crippen LogP contribution is -2.41. The number of hydrogen-bond acceptors (Lipinski definition) is 6. The lowest BCUT2D eigenvalue weighted by molar-refractivity contribution is 0.0224. The number of hydrogen-bond donors (Lipinski definition) is 0. The standard InChI is InChI=1S/C21H30N4O3/c1-14-15-12-22-13-16(18(15)23-19(14)24-8-10-27-11-9-24)17-6-5-7-25(17)20(26)28-21(2,3)4/h12-14,17H,5-11H2,1-4H3. The number of carbonyl (C=O) groups excluding carboxylic acids is 1. The third kappa shape index (κ3) is 3.60. The van der Waals surface area contributed by atoms with E-state index in [0.717, 1.165) is 61.8 Å². The van der Waals surface area contributed by atoms with E-state index in [1.807, 2.05) is 38.1 Å². The summed E-state index contributed by atoms with van der Waals surface area (Å²) in [5.74, 6) is 1.30. The van der Waals surface area contributed by atoms with Crippen molar-refractivity contribution in [2.75, 3.05) is 32.8 Å². The molecule has 0 spiro atoms. The molecule has 1 aromatic heterocycles. The lowest BCUT2D eigenvalue weighted by Gasteiger charge is -2.30. The van der Waals surface area contributed by atoms with Gasteiger partial charge in [0.1, 0.15) is 11.4 Å². The second-order valence-electron chi connectivity index (χ2n) is 8.79. The maximum atomic E-state index is 12.7. The van der Waals surface area contributed by atoms with Crippen LogP contribution in [0.4, 0.5) is 10.5 Å². The number of morpholine rings is 1. The van der Waals surface area contributed by atoms with Crippen molar-refractivity contribution in [3.8, 4) is 0 Å². The molecule has 2 unspecified atom stereocenters. The van der Waals surface area contributed by atoms with Gasteiger partial charge in [-0.3, -0.25) is 4.98 Å². The van der Waals surface area contributed by atoms with Crippen LogP contribution in [0, 0.1) is 0 Å². The van der Waals surface area contributed by atoms with Crippen molar-refractivity contribution in [3.63, 3.8) is 0 Å². The van der Waals surface area contributed by atoms with E-state index in [9.17, 15) is 4.79 Å². The maximum absolute atomic E-state index is 12.7. The molecule has 0 N–H and O–H groups in total. The molecule has 0 radical (unpaired) electrons. The summed E-state index contributed by atoms with van der Waals surface area (Å²) in [5, 5.41) is 0. The minimum Gasteiger partial charge on any atom is -0.444 e. The van der Waals surface area contributed by atoms with Gasteiger partial charge in [-0.1, -0.05) is 6.92 Å². The van der Waals surface area contributed by atoms with E-state index in [1.54, 1.807) is 0 Å². The molecule has 1 amide bonds. The van der Waals surface area contributed by atoms with Gasteiger partial charge in [-0.2, -0.15) is 0 Å². The zero-order valence-electron chi connectivity index (χ0n) is 17.3. The average molecular weight is 386 g/mol. The quantitative estimate of drug-likeness (QED) is 0.737. The Balaban J connectivity index is 1.63. The molecule has 2 fully saturated rings. The molecule has 4 rings (SSSR count). The van der Waals surface area contributed by atoms with Crippen LogP contribution in [0.25, 0.3) is 0 Å². The Kier molecular flexibility index (Phi) is 5.04.